The van der Waals surface area contributed by atoms with Gasteiger partial charge in [-0.3, -0.25) is 9.59 Å². The molecule has 2 heterocycles. The van der Waals surface area contributed by atoms with E-state index >= 15 is 0 Å². The molecule has 0 fully saturated rings. The highest BCUT2D eigenvalue weighted by molar-refractivity contribution is 6.11. The molecule has 0 radical (unpaired) electrons. The van der Waals surface area contributed by atoms with Gasteiger partial charge in [-0.15, -0.1) is 0 Å². The first-order valence-corrected chi connectivity index (χ1v) is 13.1. The molecule has 0 aliphatic carbocycles. The second kappa shape index (κ2) is 12.9. The molecule has 0 aliphatic rings. The number of ether oxygens (including phenoxy) is 1. The number of rotatable bonds is 8. The van der Waals surface area contributed by atoms with Crippen molar-refractivity contribution in [2.75, 3.05) is 38.3 Å². The fraction of sp³-hybridized carbons (Fsp3) is 0.194. The highest BCUT2D eigenvalue weighted by atomic mass is 19.4. The minimum absolute atomic E-state index is 0.0335. The van der Waals surface area contributed by atoms with Crippen LogP contribution in [0.4, 0.5) is 29.1 Å². The van der Waals surface area contributed by atoms with E-state index in [2.05, 4.69) is 34.0 Å². The first-order valence-electron chi connectivity index (χ1n) is 13.1. The number of nitrogens with two attached hydrogens (primary N) is 1. The number of aromatic nitrogens is 2. The van der Waals surface area contributed by atoms with Crippen LogP contribution in [0.2, 0.25) is 0 Å². The smallest absolute Gasteiger partial charge is 0.405 e. The number of halogens is 4. The third kappa shape index (κ3) is 6.66. The molecule has 4 rings (SSSR count). The predicted molar refractivity (Wildman–Crippen MR) is 161 cm³/mol. The van der Waals surface area contributed by atoms with Gasteiger partial charge < -0.3 is 31.0 Å². The number of amides is 2. The van der Waals surface area contributed by atoms with Crippen molar-refractivity contribution < 1.29 is 31.9 Å². The molecule has 4 aromatic rings. The molecule has 5 N–H and O–H groups in total. The fourth-order valence-corrected chi connectivity index (χ4v) is 4.67. The van der Waals surface area contributed by atoms with E-state index in [1.54, 1.807) is 43.6 Å². The van der Waals surface area contributed by atoms with Gasteiger partial charge in [0.2, 0.25) is 0 Å². The summed E-state index contributed by atoms with van der Waals surface area (Å²) < 4.78 is 58.7. The van der Waals surface area contributed by atoms with Gasteiger partial charge in [-0.2, -0.15) is 13.2 Å². The maximum absolute atomic E-state index is 13.2. The summed E-state index contributed by atoms with van der Waals surface area (Å²) in [7, 11) is 4.87. The number of anilines is 2. The number of benzene rings is 2. The van der Waals surface area contributed by atoms with E-state index in [4.69, 9.17) is 10.5 Å². The highest BCUT2D eigenvalue weighted by Gasteiger charge is 2.29. The molecule has 13 heteroatoms. The van der Waals surface area contributed by atoms with Crippen LogP contribution in [0, 0.1) is 11.8 Å². The van der Waals surface area contributed by atoms with E-state index in [0.717, 1.165) is 0 Å². The molecule has 0 aliphatic heterocycles. The number of aryl methyl sites for hydroxylation is 1. The molecule has 2 aromatic heterocycles. The Bertz CT molecular complexity index is 1820. The number of carbonyl (C=O) groups excluding carboxylic acids is 2. The second-order valence-corrected chi connectivity index (χ2v) is 9.54. The second-order valence-electron chi connectivity index (χ2n) is 9.54. The number of carbonyl (C=O) groups is 2. The zero-order chi connectivity index (χ0) is 32.2. The number of nitrogens with zero attached hydrogens (tertiary/aromatic N) is 2. The molecule has 0 saturated heterocycles. The maximum Gasteiger partial charge on any atom is 0.405 e. The average Bonchev–Trinajstić information content (AvgIpc) is 3.30. The van der Waals surface area contributed by atoms with Crippen molar-refractivity contribution >= 4 is 34.2 Å². The normalized spacial score (nSPS) is 11.1. The number of nitrogen functional groups attached to an aromatic ring is 1. The van der Waals surface area contributed by atoms with Crippen LogP contribution in [0.5, 0.6) is 5.75 Å². The van der Waals surface area contributed by atoms with Crippen LogP contribution in [0.25, 0.3) is 33.3 Å². The molecule has 2 amide bonds. The summed E-state index contributed by atoms with van der Waals surface area (Å²) >= 11 is 0. The fourth-order valence-electron chi connectivity index (χ4n) is 4.67. The van der Waals surface area contributed by atoms with E-state index in [-0.39, 0.29) is 17.1 Å². The first kappa shape index (κ1) is 31.6. The Balaban J connectivity index is 1.95. The summed E-state index contributed by atoms with van der Waals surface area (Å²) in [6.45, 7) is 1.91. The topological polar surface area (TPSA) is 123 Å². The van der Waals surface area contributed by atoms with Crippen molar-refractivity contribution in [3.8, 4) is 40.0 Å². The molecular formula is C31H28F4N6O3. The molecule has 0 atom stereocenters. The van der Waals surface area contributed by atoms with E-state index < -0.39 is 30.4 Å². The molecule has 0 saturated carbocycles. The van der Waals surface area contributed by atoms with Crippen LogP contribution < -0.4 is 26.4 Å². The summed E-state index contributed by atoms with van der Waals surface area (Å²) in [5, 5.41) is 7.76. The summed E-state index contributed by atoms with van der Waals surface area (Å²) in [6.07, 6.45) is -3.03. The third-order valence-electron chi connectivity index (χ3n) is 6.57. The Kier molecular flexibility index (Phi) is 9.25. The molecular weight excluding hydrogens is 580 g/mol. The lowest BCUT2D eigenvalue weighted by Gasteiger charge is -2.14. The van der Waals surface area contributed by atoms with Gasteiger partial charge in [0.25, 0.3) is 11.8 Å². The van der Waals surface area contributed by atoms with E-state index in [1.807, 2.05) is 16.9 Å². The molecule has 0 unspecified atom stereocenters. The van der Waals surface area contributed by atoms with Gasteiger partial charge in [0.05, 0.1) is 41.4 Å². The number of fused-ring (bicyclic) bond motifs is 1. The number of hydrogen-bond acceptors (Lipinski definition) is 6. The SMILES string of the molecule is C=C(F)C(=O)Nc1ccc(-c2c(-c3ccc(C(=O)NCC(F)(F)F)c(OC)c3)c3c(N)ncc(C#CCNC)c3n2C)cc1. The van der Waals surface area contributed by atoms with Crippen LogP contribution in [0.3, 0.4) is 0 Å². The van der Waals surface area contributed by atoms with Crippen molar-refractivity contribution in [3.63, 3.8) is 0 Å². The zero-order valence-corrected chi connectivity index (χ0v) is 23.9. The molecule has 44 heavy (non-hydrogen) atoms. The standard InChI is InChI=1S/C31H28F4N6O3/c1-17(32)29(42)40-21-10-7-18(8-11-21)26-24(25-27(41(26)3)20(6-5-13-37-2)15-38-28(25)36)19-9-12-22(23(14-19)44-4)30(43)39-16-31(33,34)35/h7-12,14-15,37H,1,13,16H2,2-4H3,(H2,36,38)(H,39,43)(H,40,42). The van der Waals surface area contributed by atoms with Crippen molar-refractivity contribution in [3.05, 3.63) is 72.2 Å². The summed E-state index contributed by atoms with van der Waals surface area (Å²) in [4.78, 5) is 28.7. The highest BCUT2D eigenvalue weighted by Crippen LogP contribution is 2.44. The predicted octanol–water partition coefficient (Wildman–Crippen LogP) is 4.78. The van der Waals surface area contributed by atoms with Gasteiger partial charge in [0, 0.05) is 24.5 Å². The van der Waals surface area contributed by atoms with Gasteiger partial charge >= 0.3 is 6.18 Å². The Hall–Kier alpha value is -5.35. The number of hydrogen-bond donors (Lipinski definition) is 4. The van der Waals surface area contributed by atoms with Crippen LogP contribution in [-0.2, 0) is 11.8 Å². The maximum atomic E-state index is 13.2. The number of nitrogens with one attached hydrogen (secondary N) is 3. The van der Waals surface area contributed by atoms with Crippen LogP contribution >= 0.6 is 0 Å². The van der Waals surface area contributed by atoms with Crippen LogP contribution in [0.1, 0.15) is 15.9 Å². The number of pyridine rings is 1. The monoisotopic (exact) mass is 608 g/mol. The lowest BCUT2D eigenvalue weighted by molar-refractivity contribution is -0.123. The van der Waals surface area contributed by atoms with E-state index in [9.17, 15) is 27.2 Å². The van der Waals surface area contributed by atoms with Gasteiger partial charge in [-0.25, -0.2) is 9.37 Å². The minimum Gasteiger partial charge on any atom is -0.496 e. The number of methoxy groups -OCH3 is 1. The van der Waals surface area contributed by atoms with E-state index in [1.165, 1.54) is 19.2 Å². The van der Waals surface area contributed by atoms with Crippen LogP contribution in [-0.4, -0.2) is 54.8 Å². The quantitative estimate of drug-likeness (QED) is 0.130. The molecule has 228 valence electrons. The largest absolute Gasteiger partial charge is 0.496 e. The summed E-state index contributed by atoms with van der Waals surface area (Å²) in [5.74, 6) is 3.27. The van der Waals surface area contributed by atoms with Gasteiger partial charge in [-0.1, -0.05) is 36.6 Å². The van der Waals surface area contributed by atoms with Crippen molar-refractivity contribution in [2.24, 2.45) is 7.05 Å². The van der Waals surface area contributed by atoms with Gasteiger partial charge in [0.15, 0.2) is 5.83 Å². The lowest BCUT2D eigenvalue weighted by atomic mass is 9.96. The lowest BCUT2D eigenvalue weighted by Crippen LogP contribution is -2.33. The Morgan fingerprint density at radius 3 is 2.43 bits per heavy atom. The Morgan fingerprint density at radius 2 is 1.82 bits per heavy atom. The molecule has 9 nitrogen and oxygen atoms in total. The van der Waals surface area contributed by atoms with Crippen LogP contribution in [0.15, 0.2) is 61.1 Å². The van der Waals surface area contributed by atoms with Crippen molar-refractivity contribution in [1.29, 1.82) is 0 Å². The average molecular weight is 609 g/mol. The van der Waals surface area contributed by atoms with E-state index in [0.29, 0.717) is 51.1 Å². The minimum atomic E-state index is -4.59. The molecule has 2 aromatic carbocycles. The summed E-state index contributed by atoms with van der Waals surface area (Å²) in [5.41, 5.74) is 10.3. The molecule has 0 spiro atoms. The van der Waals surface area contributed by atoms with Gasteiger partial charge in [-0.05, 0) is 42.4 Å². The summed E-state index contributed by atoms with van der Waals surface area (Å²) in [6, 6.07) is 11.1. The Labute approximate surface area is 250 Å². The zero-order valence-electron chi connectivity index (χ0n) is 23.9. The van der Waals surface area contributed by atoms with Gasteiger partial charge in [0.1, 0.15) is 18.1 Å². The first-order chi connectivity index (χ1) is 20.9. The molecule has 0 bridgehead atoms. The number of alkyl halides is 3. The Morgan fingerprint density at radius 1 is 1.14 bits per heavy atom. The van der Waals surface area contributed by atoms with Crippen molar-refractivity contribution in [2.45, 2.75) is 6.18 Å². The van der Waals surface area contributed by atoms with Crippen molar-refractivity contribution in [1.82, 2.24) is 20.2 Å². The third-order valence-corrected chi connectivity index (χ3v) is 6.57.